The Labute approximate surface area is 111 Å². The van der Waals surface area contributed by atoms with Gasteiger partial charge in [0.2, 0.25) is 0 Å². The lowest BCUT2D eigenvalue weighted by atomic mass is 9.89. The van der Waals surface area contributed by atoms with E-state index >= 15 is 0 Å². The molecule has 0 unspecified atom stereocenters. The van der Waals surface area contributed by atoms with Crippen LogP contribution in [0.4, 0.5) is 5.69 Å². The number of benzene rings is 1. The molecule has 1 aliphatic rings. The van der Waals surface area contributed by atoms with Crippen LogP contribution in [-0.2, 0) is 4.74 Å². The largest absolute Gasteiger partial charge is 0.394 e. The van der Waals surface area contributed by atoms with Gasteiger partial charge < -0.3 is 30.5 Å². The topological polar surface area (TPSA) is 102 Å². The highest BCUT2D eigenvalue weighted by atomic mass is 16.6. The second kappa shape index (κ2) is 6.31. The van der Waals surface area contributed by atoms with Crippen LogP contribution in [0.15, 0.2) is 30.3 Å². The molecule has 1 heterocycles. The van der Waals surface area contributed by atoms with Gasteiger partial charge in [0.1, 0.15) is 12.2 Å². The van der Waals surface area contributed by atoms with Gasteiger partial charge in [-0.2, -0.15) is 0 Å². The standard InChI is InChI=1S/C13H19NO5/c15-7-10-11(16)9(12(17)13(18)19-10)6-14-8-4-2-1-3-5-8/h1-5,9-18H,6-7H2/t9-,10-,11-,12+,13+/m1/s1. The van der Waals surface area contributed by atoms with Gasteiger partial charge in [-0.15, -0.1) is 0 Å². The van der Waals surface area contributed by atoms with Gasteiger partial charge in [0.25, 0.3) is 0 Å². The van der Waals surface area contributed by atoms with Gasteiger partial charge in [-0.3, -0.25) is 0 Å². The van der Waals surface area contributed by atoms with Gasteiger partial charge in [0, 0.05) is 18.2 Å². The van der Waals surface area contributed by atoms with E-state index in [0.717, 1.165) is 5.69 Å². The Morgan fingerprint density at radius 3 is 2.37 bits per heavy atom. The maximum atomic E-state index is 10.00. The van der Waals surface area contributed by atoms with Crippen molar-refractivity contribution >= 4 is 5.69 Å². The van der Waals surface area contributed by atoms with Crippen molar-refractivity contribution in [2.45, 2.75) is 24.6 Å². The maximum absolute atomic E-state index is 10.00. The summed E-state index contributed by atoms with van der Waals surface area (Å²) in [7, 11) is 0. The zero-order chi connectivity index (χ0) is 13.8. The number of para-hydroxylation sites is 1. The molecule has 1 aliphatic heterocycles. The van der Waals surface area contributed by atoms with Crippen LogP contribution in [0.2, 0.25) is 0 Å². The van der Waals surface area contributed by atoms with Crippen molar-refractivity contribution in [3.05, 3.63) is 30.3 Å². The maximum Gasteiger partial charge on any atom is 0.181 e. The lowest BCUT2D eigenvalue weighted by molar-refractivity contribution is -0.271. The molecule has 6 nitrogen and oxygen atoms in total. The van der Waals surface area contributed by atoms with E-state index < -0.39 is 37.1 Å². The molecule has 0 aromatic heterocycles. The second-order valence-corrected chi connectivity index (χ2v) is 4.64. The Bertz CT molecular complexity index is 388. The van der Waals surface area contributed by atoms with Crippen LogP contribution in [0.5, 0.6) is 0 Å². The lowest BCUT2D eigenvalue weighted by Gasteiger charge is -2.40. The molecule has 6 heteroatoms. The van der Waals surface area contributed by atoms with Crippen molar-refractivity contribution in [3.8, 4) is 0 Å². The van der Waals surface area contributed by atoms with Gasteiger partial charge >= 0.3 is 0 Å². The van der Waals surface area contributed by atoms with Crippen molar-refractivity contribution in [2.24, 2.45) is 5.92 Å². The Hall–Kier alpha value is -1.18. The molecule has 1 fully saturated rings. The average Bonchev–Trinajstić information content (AvgIpc) is 2.44. The van der Waals surface area contributed by atoms with E-state index in [0.29, 0.717) is 0 Å². The molecule has 0 spiro atoms. The summed E-state index contributed by atoms with van der Waals surface area (Å²) in [5, 5.41) is 41.5. The minimum atomic E-state index is -1.40. The molecular formula is C13H19NO5. The molecule has 5 atom stereocenters. The van der Waals surface area contributed by atoms with Gasteiger partial charge in [0.05, 0.1) is 12.7 Å². The average molecular weight is 269 g/mol. The number of nitrogens with one attached hydrogen (secondary N) is 1. The number of aliphatic hydroxyl groups excluding tert-OH is 4. The van der Waals surface area contributed by atoms with Crippen LogP contribution in [0.25, 0.3) is 0 Å². The first kappa shape index (κ1) is 14.2. The van der Waals surface area contributed by atoms with Crippen molar-refractivity contribution in [1.82, 2.24) is 0 Å². The number of hydrogen-bond donors (Lipinski definition) is 5. The van der Waals surface area contributed by atoms with E-state index in [2.05, 4.69) is 5.32 Å². The van der Waals surface area contributed by atoms with Gasteiger partial charge in [-0.05, 0) is 12.1 Å². The summed E-state index contributed by atoms with van der Waals surface area (Å²) in [4.78, 5) is 0. The molecule has 1 aromatic rings. The highest BCUT2D eigenvalue weighted by Gasteiger charge is 2.43. The predicted molar refractivity (Wildman–Crippen MR) is 68.4 cm³/mol. The summed E-state index contributed by atoms with van der Waals surface area (Å²) in [5.74, 6) is -0.624. The number of anilines is 1. The highest BCUT2D eigenvalue weighted by Crippen LogP contribution is 2.25. The Morgan fingerprint density at radius 2 is 1.74 bits per heavy atom. The molecule has 19 heavy (non-hydrogen) atoms. The third-order valence-electron chi connectivity index (χ3n) is 3.36. The molecule has 5 N–H and O–H groups in total. The van der Waals surface area contributed by atoms with Crippen LogP contribution in [0.3, 0.4) is 0 Å². The van der Waals surface area contributed by atoms with Gasteiger partial charge in [-0.25, -0.2) is 0 Å². The van der Waals surface area contributed by atoms with Crippen molar-refractivity contribution in [1.29, 1.82) is 0 Å². The molecule has 2 rings (SSSR count). The summed E-state index contributed by atoms with van der Waals surface area (Å²) >= 11 is 0. The summed E-state index contributed by atoms with van der Waals surface area (Å²) in [6.45, 7) is -0.143. The summed E-state index contributed by atoms with van der Waals surface area (Å²) in [6.07, 6.45) is -4.53. The van der Waals surface area contributed by atoms with Crippen LogP contribution < -0.4 is 5.32 Å². The molecule has 0 bridgehead atoms. The summed E-state index contributed by atoms with van der Waals surface area (Å²) < 4.78 is 4.92. The SMILES string of the molecule is OC[C@H]1O[C@H](O)[C@@H](O)[C@H](CNc2ccccc2)[C@H]1O. The zero-order valence-electron chi connectivity index (χ0n) is 10.4. The monoisotopic (exact) mass is 269 g/mol. The fourth-order valence-electron chi connectivity index (χ4n) is 2.21. The first-order valence-corrected chi connectivity index (χ1v) is 6.23. The van der Waals surface area contributed by atoms with E-state index in [1.165, 1.54) is 0 Å². The molecule has 0 amide bonds. The van der Waals surface area contributed by atoms with Crippen LogP contribution >= 0.6 is 0 Å². The number of aliphatic hydroxyl groups is 4. The van der Waals surface area contributed by atoms with E-state index in [9.17, 15) is 15.3 Å². The predicted octanol–water partition coefficient (Wildman–Crippen LogP) is -0.854. The highest BCUT2D eigenvalue weighted by molar-refractivity contribution is 5.42. The van der Waals surface area contributed by atoms with Crippen molar-refractivity contribution in [3.63, 3.8) is 0 Å². The molecular weight excluding hydrogens is 250 g/mol. The minimum Gasteiger partial charge on any atom is -0.394 e. The van der Waals surface area contributed by atoms with E-state index in [-0.39, 0.29) is 6.54 Å². The Balaban J connectivity index is 2.00. The quantitative estimate of drug-likeness (QED) is 0.488. The minimum absolute atomic E-state index is 0.267. The third kappa shape index (κ3) is 3.23. The number of rotatable bonds is 4. The van der Waals surface area contributed by atoms with Crippen LogP contribution in [-0.4, -0.2) is 58.2 Å². The summed E-state index contributed by atoms with van der Waals surface area (Å²) in [5.41, 5.74) is 0.850. The molecule has 106 valence electrons. The number of ether oxygens (including phenoxy) is 1. The van der Waals surface area contributed by atoms with Crippen LogP contribution in [0, 0.1) is 5.92 Å². The zero-order valence-corrected chi connectivity index (χ0v) is 10.4. The van der Waals surface area contributed by atoms with E-state index in [4.69, 9.17) is 9.84 Å². The van der Waals surface area contributed by atoms with Crippen molar-refractivity contribution in [2.75, 3.05) is 18.5 Å². The first-order valence-electron chi connectivity index (χ1n) is 6.23. The lowest BCUT2D eigenvalue weighted by Crippen LogP contribution is -2.57. The second-order valence-electron chi connectivity index (χ2n) is 4.64. The number of hydrogen-bond acceptors (Lipinski definition) is 6. The molecule has 0 aliphatic carbocycles. The summed E-state index contributed by atoms with van der Waals surface area (Å²) in [6, 6.07) is 9.33. The molecule has 1 saturated heterocycles. The third-order valence-corrected chi connectivity index (χ3v) is 3.36. The molecule has 0 radical (unpaired) electrons. The van der Waals surface area contributed by atoms with E-state index in [1.54, 1.807) is 0 Å². The molecule has 1 aromatic carbocycles. The van der Waals surface area contributed by atoms with Gasteiger partial charge in [0.15, 0.2) is 6.29 Å². The fourth-order valence-corrected chi connectivity index (χ4v) is 2.21. The normalized spacial score (nSPS) is 35.1. The van der Waals surface area contributed by atoms with E-state index in [1.807, 2.05) is 30.3 Å². The first-order chi connectivity index (χ1) is 9.13. The Morgan fingerprint density at radius 1 is 1.05 bits per heavy atom. The van der Waals surface area contributed by atoms with Gasteiger partial charge in [-0.1, -0.05) is 18.2 Å². The smallest absolute Gasteiger partial charge is 0.181 e. The van der Waals surface area contributed by atoms with Crippen molar-refractivity contribution < 1.29 is 25.2 Å². The Kier molecular flexibility index (Phi) is 4.73. The fraction of sp³-hybridized carbons (Fsp3) is 0.538. The molecule has 0 saturated carbocycles. The van der Waals surface area contributed by atoms with Crippen LogP contribution in [0.1, 0.15) is 0 Å².